The highest BCUT2D eigenvalue weighted by Gasteiger charge is 1.96. The zero-order valence-corrected chi connectivity index (χ0v) is 5.20. The van der Waals surface area contributed by atoms with Crippen LogP contribution in [0.2, 0.25) is 0 Å². The molecule has 0 unspecified atom stereocenters. The maximum Gasteiger partial charge on any atom is 0.233 e. The molecule has 0 amide bonds. The minimum atomic E-state index is 0.0417. The first kappa shape index (κ1) is 6.01. The minimum Gasteiger partial charge on any atom is -0.492 e. The van der Waals surface area contributed by atoms with Gasteiger partial charge in [0.2, 0.25) is 5.88 Å². The van der Waals surface area contributed by atoms with Crippen LogP contribution in [0.25, 0.3) is 0 Å². The van der Waals surface area contributed by atoms with Gasteiger partial charge in [0.25, 0.3) is 0 Å². The van der Waals surface area contributed by atoms with E-state index >= 15 is 0 Å². The molecule has 3 heteroatoms. The van der Waals surface area contributed by atoms with Crippen molar-refractivity contribution in [2.24, 2.45) is 0 Å². The Morgan fingerprint density at radius 2 is 2.11 bits per heavy atom. The third kappa shape index (κ3) is 1.16. The molecule has 0 radical (unpaired) electrons. The van der Waals surface area contributed by atoms with Gasteiger partial charge in [-0.25, -0.2) is 4.98 Å². The molecular weight excluding hydrogens is 116 g/mol. The summed E-state index contributed by atoms with van der Waals surface area (Å²) in [6.45, 7) is 1.92. The van der Waals surface area contributed by atoms with E-state index in [1.165, 1.54) is 6.20 Å². The molecular formula is C6H8N2O. The van der Waals surface area contributed by atoms with Gasteiger partial charge in [0.1, 0.15) is 5.69 Å². The van der Waals surface area contributed by atoms with Crippen molar-refractivity contribution in [1.29, 1.82) is 0 Å². The first-order valence-corrected chi connectivity index (χ1v) is 2.83. The van der Waals surface area contributed by atoms with E-state index in [9.17, 15) is 0 Å². The molecule has 0 aliphatic rings. The number of rotatable bonds is 1. The molecule has 0 aromatic carbocycles. The van der Waals surface area contributed by atoms with E-state index in [-0.39, 0.29) is 5.88 Å². The fraction of sp³-hybridized carbons (Fsp3) is 0.333. The van der Waals surface area contributed by atoms with Crippen molar-refractivity contribution < 1.29 is 5.11 Å². The number of hydrogen-bond donors (Lipinski definition) is 1. The van der Waals surface area contributed by atoms with Gasteiger partial charge < -0.3 is 5.11 Å². The van der Waals surface area contributed by atoms with E-state index in [2.05, 4.69) is 9.97 Å². The van der Waals surface area contributed by atoms with Crippen LogP contribution in [0.4, 0.5) is 0 Å². The Kier molecular flexibility index (Phi) is 1.63. The van der Waals surface area contributed by atoms with Gasteiger partial charge >= 0.3 is 0 Å². The van der Waals surface area contributed by atoms with E-state index in [1.807, 2.05) is 6.92 Å². The van der Waals surface area contributed by atoms with E-state index in [0.717, 1.165) is 6.42 Å². The Morgan fingerprint density at radius 3 is 2.56 bits per heavy atom. The summed E-state index contributed by atoms with van der Waals surface area (Å²) in [6.07, 6.45) is 3.76. The average Bonchev–Trinajstić information content (AvgIpc) is 1.89. The van der Waals surface area contributed by atoms with Gasteiger partial charge in [-0.1, -0.05) is 6.92 Å². The predicted octanol–water partition coefficient (Wildman–Crippen LogP) is 0.745. The molecule has 1 rings (SSSR count). The Bertz CT molecular complexity index is 200. The van der Waals surface area contributed by atoms with E-state index < -0.39 is 0 Å². The molecule has 0 saturated heterocycles. The molecule has 0 fully saturated rings. The zero-order valence-electron chi connectivity index (χ0n) is 5.20. The molecule has 0 aliphatic carbocycles. The van der Waals surface area contributed by atoms with Gasteiger partial charge in [-0.2, -0.15) is 0 Å². The molecule has 0 atom stereocenters. The summed E-state index contributed by atoms with van der Waals surface area (Å²) in [5.41, 5.74) is 0.650. The number of nitrogens with zero attached hydrogens (tertiary/aromatic N) is 2. The topological polar surface area (TPSA) is 46.0 Å². The maximum absolute atomic E-state index is 8.94. The van der Waals surface area contributed by atoms with Crippen molar-refractivity contribution in [2.75, 3.05) is 0 Å². The second-order valence-corrected chi connectivity index (χ2v) is 1.68. The third-order valence-corrected chi connectivity index (χ3v) is 1.09. The van der Waals surface area contributed by atoms with Gasteiger partial charge in [0.05, 0.1) is 0 Å². The van der Waals surface area contributed by atoms with Gasteiger partial charge in [-0.05, 0) is 6.42 Å². The quantitative estimate of drug-likeness (QED) is 0.600. The highest BCUT2D eigenvalue weighted by atomic mass is 16.3. The van der Waals surface area contributed by atoms with Crippen LogP contribution in [0.1, 0.15) is 12.6 Å². The van der Waals surface area contributed by atoms with Gasteiger partial charge in [0.15, 0.2) is 0 Å². The van der Waals surface area contributed by atoms with Gasteiger partial charge in [-0.3, -0.25) is 4.98 Å². The third-order valence-electron chi connectivity index (χ3n) is 1.09. The largest absolute Gasteiger partial charge is 0.492 e. The summed E-state index contributed by atoms with van der Waals surface area (Å²) in [4.78, 5) is 7.53. The first-order valence-electron chi connectivity index (χ1n) is 2.83. The molecule has 1 N–H and O–H groups in total. The van der Waals surface area contributed by atoms with Crippen LogP contribution < -0.4 is 0 Å². The fourth-order valence-corrected chi connectivity index (χ4v) is 0.609. The molecule has 1 aromatic rings. The van der Waals surface area contributed by atoms with Crippen molar-refractivity contribution >= 4 is 0 Å². The summed E-state index contributed by atoms with van der Waals surface area (Å²) < 4.78 is 0. The maximum atomic E-state index is 8.94. The Balaban J connectivity index is 3.01. The average molecular weight is 124 g/mol. The van der Waals surface area contributed by atoms with E-state index in [4.69, 9.17) is 5.11 Å². The monoisotopic (exact) mass is 124 g/mol. The van der Waals surface area contributed by atoms with Crippen LogP contribution in [-0.4, -0.2) is 15.1 Å². The Hall–Kier alpha value is -1.12. The minimum absolute atomic E-state index is 0.0417. The highest BCUT2D eigenvalue weighted by molar-refractivity contribution is 5.14. The van der Waals surface area contributed by atoms with Crippen LogP contribution in [0.5, 0.6) is 5.88 Å². The van der Waals surface area contributed by atoms with E-state index in [0.29, 0.717) is 5.69 Å². The van der Waals surface area contributed by atoms with Crippen molar-refractivity contribution in [3.8, 4) is 5.88 Å². The number of aromatic nitrogens is 2. The van der Waals surface area contributed by atoms with Gasteiger partial charge in [0, 0.05) is 12.4 Å². The summed E-state index contributed by atoms with van der Waals surface area (Å²) in [7, 11) is 0. The summed E-state index contributed by atoms with van der Waals surface area (Å²) in [5.74, 6) is 0.0417. The van der Waals surface area contributed by atoms with Crippen molar-refractivity contribution in [2.45, 2.75) is 13.3 Å². The van der Waals surface area contributed by atoms with Crippen LogP contribution in [0, 0.1) is 0 Å². The zero-order chi connectivity index (χ0) is 6.69. The lowest BCUT2D eigenvalue weighted by molar-refractivity contribution is 0.442. The molecule has 48 valence electrons. The Labute approximate surface area is 53.4 Å². The molecule has 1 heterocycles. The second kappa shape index (κ2) is 2.44. The first-order chi connectivity index (χ1) is 4.34. The van der Waals surface area contributed by atoms with Crippen molar-refractivity contribution in [1.82, 2.24) is 9.97 Å². The van der Waals surface area contributed by atoms with Crippen LogP contribution in [-0.2, 0) is 6.42 Å². The number of aryl methyl sites for hydroxylation is 1. The smallest absolute Gasteiger partial charge is 0.233 e. The molecule has 0 bridgehead atoms. The van der Waals surface area contributed by atoms with Crippen LogP contribution in [0.3, 0.4) is 0 Å². The summed E-state index contributed by atoms with van der Waals surface area (Å²) in [5, 5.41) is 8.94. The van der Waals surface area contributed by atoms with Gasteiger partial charge in [-0.15, -0.1) is 0 Å². The lowest BCUT2D eigenvalue weighted by Gasteiger charge is -1.94. The predicted molar refractivity (Wildman–Crippen MR) is 33.1 cm³/mol. The SMILES string of the molecule is CCc1nccnc1O. The summed E-state index contributed by atoms with van der Waals surface area (Å²) in [6, 6.07) is 0. The lowest BCUT2D eigenvalue weighted by atomic mass is 10.3. The molecule has 0 aliphatic heterocycles. The van der Waals surface area contributed by atoms with Crippen LogP contribution in [0.15, 0.2) is 12.4 Å². The standard InChI is InChI=1S/C6H8N2O/c1-2-5-6(9)8-4-3-7-5/h3-4H,2H2,1H3,(H,8,9). The highest BCUT2D eigenvalue weighted by Crippen LogP contribution is 2.07. The van der Waals surface area contributed by atoms with Crippen molar-refractivity contribution in [3.05, 3.63) is 18.1 Å². The number of aromatic hydroxyl groups is 1. The van der Waals surface area contributed by atoms with Crippen LogP contribution >= 0.6 is 0 Å². The fourth-order valence-electron chi connectivity index (χ4n) is 0.609. The molecule has 1 aromatic heterocycles. The second-order valence-electron chi connectivity index (χ2n) is 1.68. The molecule has 3 nitrogen and oxygen atoms in total. The van der Waals surface area contributed by atoms with E-state index in [1.54, 1.807) is 6.20 Å². The normalized spacial score (nSPS) is 9.44. The molecule has 0 saturated carbocycles. The lowest BCUT2D eigenvalue weighted by Crippen LogP contribution is -1.87. The Morgan fingerprint density at radius 1 is 1.44 bits per heavy atom. The number of hydrogen-bond acceptors (Lipinski definition) is 3. The van der Waals surface area contributed by atoms with Crippen molar-refractivity contribution in [3.63, 3.8) is 0 Å². The molecule has 9 heavy (non-hydrogen) atoms. The molecule has 0 spiro atoms. The summed E-state index contributed by atoms with van der Waals surface area (Å²) >= 11 is 0.